The number of fused-ring (bicyclic) bond motifs is 4. The fraction of sp³-hybridized carbons (Fsp3) is 0.936. The molecule has 5 aliphatic heterocycles. The monoisotopic (exact) mass is 942 g/mol. The smallest absolute Gasteiger partial charge is 0.319 e. The van der Waals surface area contributed by atoms with Crippen LogP contribution in [0.2, 0.25) is 0 Å². The highest BCUT2D eigenvalue weighted by atomic mass is 16.8. The normalized spacial score (nSPS) is 56.4. The van der Waals surface area contributed by atoms with Gasteiger partial charge in [0, 0.05) is 0 Å². The van der Waals surface area contributed by atoms with Gasteiger partial charge in [-0.25, -0.2) is 0 Å². The molecule has 19 nitrogen and oxygen atoms in total. The highest BCUT2D eigenvalue weighted by Crippen LogP contribution is 2.77. The first-order valence-corrected chi connectivity index (χ1v) is 24.0. The zero-order chi connectivity index (χ0) is 48.1. The number of carbonyl (C=O) groups is 1. The molecule has 8 fully saturated rings. The molecule has 376 valence electrons. The van der Waals surface area contributed by atoms with E-state index >= 15 is 0 Å². The summed E-state index contributed by atoms with van der Waals surface area (Å²) in [5, 5.41) is 111. The lowest BCUT2D eigenvalue weighted by Crippen LogP contribution is -2.69. The van der Waals surface area contributed by atoms with E-state index < -0.39 is 155 Å². The molecule has 9 rings (SSSR count). The summed E-state index contributed by atoms with van der Waals surface area (Å²) in [6.07, 6.45) is -17.2. The Morgan fingerprint density at radius 3 is 2.03 bits per heavy atom. The van der Waals surface area contributed by atoms with Crippen LogP contribution in [-0.4, -0.2) is 191 Å². The van der Waals surface area contributed by atoms with E-state index in [-0.39, 0.29) is 24.9 Å². The van der Waals surface area contributed by atoms with E-state index in [1.165, 1.54) is 6.92 Å². The lowest BCUT2D eigenvalue weighted by atomic mass is 9.40. The zero-order valence-corrected chi connectivity index (χ0v) is 39.3. The molecule has 3 saturated carbocycles. The molecule has 0 amide bonds. The Balaban J connectivity index is 0.973. The van der Waals surface area contributed by atoms with E-state index in [1.54, 1.807) is 6.92 Å². The Morgan fingerprint density at radius 1 is 0.712 bits per heavy atom. The molecule has 4 aliphatic carbocycles. The van der Waals surface area contributed by atoms with Crippen molar-refractivity contribution in [2.75, 3.05) is 13.2 Å². The Bertz CT molecular complexity index is 1880. The number of hydrogen-bond acceptors (Lipinski definition) is 19. The van der Waals surface area contributed by atoms with Crippen LogP contribution in [0.1, 0.15) is 107 Å². The predicted octanol–water partition coefficient (Wildman–Crippen LogP) is -0.569. The van der Waals surface area contributed by atoms with E-state index in [9.17, 15) is 55.9 Å². The number of aliphatic hydroxyl groups is 10. The minimum atomic E-state index is -1.78. The van der Waals surface area contributed by atoms with Gasteiger partial charge in [0.2, 0.25) is 0 Å². The van der Waals surface area contributed by atoms with Gasteiger partial charge in [-0.05, 0) is 107 Å². The van der Waals surface area contributed by atoms with Crippen molar-refractivity contribution in [3.63, 3.8) is 0 Å². The Labute approximate surface area is 385 Å². The fourth-order valence-corrected chi connectivity index (χ4v) is 14.9. The highest BCUT2D eigenvalue weighted by Gasteiger charge is 2.87. The highest BCUT2D eigenvalue weighted by molar-refractivity contribution is 5.86. The number of aliphatic hydroxyl groups excluding tert-OH is 9. The molecule has 0 aromatic rings. The average molecular weight is 943 g/mol. The Kier molecular flexibility index (Phi) is 12.4. The van der Waals surface area contributed by atoms with Gasteiger partial charge in [-0.1, -0.05) is 39.3 Å². The molecule has 9 aliphatic rings. The molecule has 10 N–H and O–H groups in total. The first-order chi connectivity index (χ1) is 30.7. The third kappa shape index (κ3) is 6.80. The number of esters is 1. The maximum absolute atomic E-state index is 14.6. The molecular formula is C47H74O19. The molecule has 0 aromatic carbocycles. The summed E-state index contributed by atoms with van der Waals surface area (Å²) in [6.45, 7) is 14.7. The first kappa shape index (κ1) is 49.5. The lowest BCUT2D eigenvalue weighted by molar-refractivity contribution is -0.380. The summed E-state index contributed by atoms with van der Waals surface area (Å²) in [6, 6.07) is 0. The second-order valence-electron chi connectivity index (χ2n) is 23.0. The van der Waals surface area contributed by atoms with Gasteiger partial charge in [-0.3, -0.25) is 4.79 Å². The van der Waals surface area contributed by atoms with E-state index in [4.69, 9.17) is 37.9 Å². The van der Waals surface area contributed by atoms with Crippen LogP contribution < -0.4 is 0 Å². The molecular weight excluding hydrogens is 868 g/mol. The SMILES string of the molecule is C[C@H]1O[C@@H](O[C@H]2[C@H](O[C@H]3CC[C@]4(C)C5=C[C@H](O)[C@]67C(=O)O[C@@](C)([C@H]8CCC(C)(C)O8)[C@@]6(O)CC[C@@]7(C)[C@H]5CC[C@H]4C3(C)C)OC[C@@H](O[C@@H]3O[C@H](CO)[C@@H](O)[C@H](O)[C@H]3O)[C@@H]2O)[C@H](O)[C@@H](O)[C@@H]1O. The van der Waals surface area contributed by atoms with Gasteiger partial charge in [0.25, 0.3) is 0 Å². The number of ether oxygens (including phenoxy) is 8. The lowest BCUT2D eigenvalue weighted by Gasteiger charge is -2.64. The van der Waals surface area contributed by atoms with E-state index in [0.717, 1.165) is 18.4 Å². The molecule has 1 spiro atoms. The molecule has 66 heavy (non-hydrogen) atoms. The van der Waals surface area contributed by atoms with Crippen molar-refractivity contribution in [2.24, 2.45) is 33.5 Å². The van der Waals surface area contributed by atoms with Crippen LogP contribution in [-0.2, 0) is 42.7 Å². The average Bonchev–Trinajstić information content (AvgIpc) is 3.83. The van der Waals surface area contributed by atoms with Gasteiger partial charge >= 0.3 is 5.97 Å². The van der Waals surface area contributed by atoms with Crippen molar-refractivity contribution < 1.29 is 93.8 Å². The molecule has 0 aromatic heterocycles. The number of carbonyl (C=O) groups excluding carboxylic acids is 1. The van der Waals surface area contributed by atoms with Crippen LogP contribution in [0, 0.1) is 33.5 Å². The Hall–Kier alpha value is -1.47. The number of rotatable bonds is 8. The van der Waals surface area contributed by atoms with Crippen molar-refractivity contribution in [2.45, 2.75) is 228 Å². The summed E-state index contributed by atoms with van der Waals surface area (Å²) in [4.78, 5) is 14.6. The molecule has 0 unspecified atom stereocenters. The third-order valence-electron chi connectivity index (χ3n) is 18.8. The number of cyclic esters (lactones) is 1. The van der Waals surface area contributed by atoms with Crippen LogP contribution >= 0.6 is 0 Å². The molecule has 0 bridgehead atoms. The zero-order valence-electron chi connectivity index (χ0n) is 39.3. The second-order valence-corrected chi connectivity index (χ2v) is 23.0. The van der Waals surface area contributed by atoms with Gasteiger partial charge < -0.3 is 89.0 Å². The molecule has 24 atom stereocenters. The summed E-state index contributed by atoms with van der Waals surface area (Å²) in [5.74, 6) is -0.747. The topological polar surface area (TPSA) is 293 Å². The summed E-state index contributed by atoms with van der Waals surface area (Å²) < 4.78 is 49.3. The quantitative estimate of drug-likeness (QED) is 0.0828. The molecule has 0 radical (unpaired) electrons. The van der Waals surface area contributed by atoms with E-state index in [2.05, 4.69) is 27.7 Å². The van der Waals surface area contributed by atoms with Crippen LogP contribution in [0.5, 0.6) is 0 Å². The summed E-state index contributed by atoms with van der Waals surface area (Å²) in [7, 11) is 0. The van der Waals surface area contributed by atoms with Crippen molar-refractivity contribution in [1.29, 1.82) is 0 Å². The van der Waals surface area contributed by atoms with Crippen LogP contribution in [0.4, 0.5) is 0 Å². The standard InChI is InChI=1S/C47H74O19/c1-20-29(50)32(53)34(55)37(60-20)64-36-31(52)24(62-38-35(56)33(54)30(51)23(18-48)61-38)19-59-39(36)63-27-12-14-43(6)22-17-26(49)47-40(57)66-45(8,28-11-13-41(2,3)65-28)46(47,58)16-15-44(47,7)21(22)9-10-25(43)42(27,4)5/h17,20-21,23-39,48-56,58H,9-16,18-19H2,1-8H3/t20-,21+,23-,24-,25+,26+,27+,28-,29-,30-,31+,32+,33+,34-,35-,36-,37+,38+,39+,43-,44+,45+,46+,47-/m1/s1. The minimum absolute atomic E-state index is 0.0255. The van der Waals surface area contributed by atoms with Crippen molar-refractivity contribution in [3.05, 3.63) is 11.6 Å². The van der Waals surface area contributed by atoms with Gasteiger partial charge in [0.15, 0.2) is 24.5 Å². The van der Waals surface area contributed by atoms with Crippen LogP contribution in [0.25, 0.3) is 0 Å². The molecule has 5 heterocycles. The minimum Gasteiger partial charge on any atom is -0.453 e. The van der Waals surface area contributed by atoms with Crippen LogP contribution in [0.3, 0.4) is 0 Å². The van der Waals surface area contributed by atoms with Crippen LogP contribution in [0.15, 0.2) is 11.6 Å². The van der Waals surface area contributed by atoms with Crippen molar-refractivity contribution >= 4 is 5.97 Å². The maximum atomic E-state index is 14.6. The van der Waals surface area contributed by atoms with E-state index in [1.807, 2.05) is 19.9 Å². The maximum Gasteiger partial charge on any atom is 0.319 e. The number of allylic oxidation sites excluding steroid dienone is 1. The van der Waals surface area contributed by atoms with E-state index in [0.29, 0.717) is 32.1 Å². The second kappa shape index (κ2) is 16.5. The number of hydrogen-bond donors (Lipinski definition) is 10. The first-order valence-electron chi connectivity index (χ1n) is 24.0. The molecule has 5 saturated heterocycles. The fourth-order valence-electron chi connectivity index (χ4n) is 14.9. The summed E-state index contributed by atoms with van der Waals surface area (Å²) >= 11 is 0. The Morgan fingerprint density at radius 2 is 1.38 bits per heavy atom. The predicted molar refractivity (Wildman–Crippen MR) is 225 cm³/mol. The van der Waals surface area contributed by atoms with Crippen molar-refractivity contribution in [3.8, 4) is 0 Å². The summed E-state index contributed by atoms with van der Waals surface area (Å²) in [5.41, 5.74) is -5.92. The van der Waals surface area contributed by atoms with Gasteiger partial charge in [0.1, 0.15) is 78.2 Å². The third-order valence-corrected chi connectivity index (χ3v) is 18.8. The molecule has 19 heteroatoms. The largest absolute Gasteiger partial charge is 0.453 e. The van der Waals surface area contributed by atoms with Gasteiger partial charge in [0.05, 0.1) is 37.1 Å². The van der Waals surface area contributed by atoms with Crippen molar-refractivity contribution in [1.82, 2.24) is 0 Å². The van der Waals surface area contributed by atoms with Gasteiger partial charge in [-0.2, -0.15) is 0 Å². The van der Waals surface area contributed by atoms with Gasteiger partial charge in [-0.15, -0.1) is 0 Å².